The van der Waals surface area contributed by atoms with Gasteiger partial charge in [-0.2, -0.15) is 0 Å². The summed E-state index contributed by atoms with van der Waals surface area (Å²) in [6, 6.07) is 54.2. The monoisotopic (exact) mass is 820 g/mol. The van der Waals surface area contributed by atoms with Crippen molar-refractivity contribution in [2.45, 2.75) is 0 Å². The molecule has 0 aliphatic heterocycles. The van der Waals surface area contributed by atoms with Crippen LogP contribution < -0.4 is 0 Å². The van der Waals surface area contributed by atoms with Crippen molar-refractivity contribution in [3.8, 4) is 90.6 Å². The van der Waals surface area contributed by atoms with Crippen LogP contribution >= 0.6 is 0 Å². The zero-order valence-corrected chi connectivity index (χ0v) is 33.9. The SMILES string of the molecule is c1ccc(-c2nc(-c3cncnc3)nc(-c3cc(-c4ccccc4)c4ccc5c(-c6nc(-c7ccccc7)nc(-c7cncnc7)n6)cc(-c6ccccc6)c6ccc3c4c65)n2)cc1. The molecule has 10 heteroatoms. The summed E-state index contributed by atoms with van der Waals surface area (Å²) in [4.78, 5) is 48.0. The maximum Gasteiger partial charge on any atom is 0.167 e. The van der Waals surface area contributed by atoms with E-state index in [-0.39, 0.29) is 0 Å². The van der Waals surface area contributed by atoms with Crippen LogP contribution in [0.4, 0.5) is 0 Å². The van der Waals surface area contributed by atoms with E-state index in [2.05, 4.69) is 105 Å². The van der Waals surface area contributed by atoms with Gasteiger partial charge in [0.05, 0.1) is 11.1 Å². The quantitative estimate of drug-likeness (QED) is 0.137. The standard InChI is InChI=1S/C54H32N10/c1-5-13-33(14-6-1)43-25-45(53-61-49(35-17-9-3-10-18-35)59-51(63-53)37-27-55-31-56-28-37)41-24-22-40-44(34-15-7-2-8-16-34)26-46(42-23-21-39(43)47(41)48(40)42)54-62-50(36-19-11-4-12-20-36)60-52(64-54)38-29-57-32-58-30-38/h1-32H. The van der Waals surface area contributed by atoms with Gasteiger partial charge in [-0.05, 0) is 66.7 Å². The fraction of sp³-hybridized carbons (Fsp3) is 0. The highest BCUT2D eigenvalue weighted by Gasteiger charge is 2.24. The smallest absolute Gasteiger partial charge is 0.167 e. The van der Waals surface area contributed by atoms with Gasteiger partial charge in [-0.1, -0.05) is 146 Å². The van der Waals surface area contributed by atoms with E-state index in [4.69, 9.17) is 29.9 Å². The Morgan fingerprint density at radius 3 is 0.859 bits per heavy atom. The molecule has 0 unspecified atom stereocenters. The molecule has 12 aromatic rings. The highest BCUT2D eigenvalue weighted by Crippen LogP contribution is 2.48. The van der Waals surface area contributed by atoms with Crippen LogP contribution in [0.1, 0.15) is 0 Å². The maximum absolute atomic E-state index is 5.22. The van der Waals surface area contributed by atoms with E-state index < -0.39 is 0 Å². The second-order valence-electron chi connectivity index (χ2n) is 15.3. The van der Waals surface area contributed by atoms with Crippen molar-refractivity contribution >= 4 is 32.3 Å². The molecule has 10 nitrogen and oxygen atoms in total. The van der Waals surface area contributed by atoms with Crippen LogP contribution in [0.3, 0.4) is 0 Å². The Kier molecular flexibility index (Phi) is 8.89. The van der Waals surface area contributed by atoms with Gasteiger partial charge in [0.15, 0.2) is 34.9 Å². The summed E-state index contributed by atoms with van der Waals surface area (Å²) in [5, 5.41) is 6.32. The van der Waals surface area contributed by atoms with Gasteiger partial charge in [0.25, 0.3) is 0 Å². The number of benzene rings is 8. The Morgan fingerprint density at radius 2 is 0.516 bits per heavy atom. The highest BCUT2D eigenvalue weighted by atomic mass is 15.0. The molecule has 0 radical (unpaired) electrons. The molecule has 0 fully saturated rings. The van der Waals surface area contributed by atoms with Crippen molar-refractivity contribution in [2.75, 3.05) is 0 Å². The predicted molar refractivity (Wildman–Crippen MR) is 252 cm³/mol. The summed E-state index contributed by atoms with van der Waals surface area (Å²) in [5.41, 5.74) is 9.09. The van der Waals surface area contributed by atoms with E-state index >= 15 is 0 Å². The van der Waals surface area contributed by atoms with Crippen molar-refractivity contribution < 1.29 is 0 Å². The molecule has 0 bridgehead atoms. The Morgan fingerprint density at radius 1 is 0.234 bits per heavy atom. The van der Waals surface area contributed by atoms with Crippen LogP contribution in [0.15, 0.2) is 195 Å². The normalized spacial score (nSPS) is 11.4. The van der Waals surface area contributed by atoms with Gasteiger partial charge in [0, 0.05) is 47.0 Å². The van der Waals surface area contributed by atoms with Gasteiger partial charge >= 0.3 is 0 Å². The predicted octanol–water partition coefficient (Wildman–Crippen LogP) is 11.9. The minimum absolute atomic E-state index is 0.480. The van der Waals surface area contributed by atoms with Crippen LogP contribution in [0.5, 0.6) is 0 Å². The Hall–Kier alpha value is -9.02. The summed E-state index contributed by atoms with van der Waals surface area (Å²) in [6.07, 6.45) is 9.93. The maximum atomic E-state index is 5.22. The number of rotatable bonds is 8. The Balaban J connectivity index is 1.21. The number of nitrogens with zero attached hydrogens (tertiary/aromatic N) is 10. The van der Waals surface area contributed by atoms with Crippen LogP contribution in [0.2, 0.25) is 0 Å². The molecule has 0 N–H and O–H groups in total. The third-order valence-corrected chi connectivity index (χ3v) is 11.5. The summed E-state index contributed by atoms with van der Waals surface area (Å²) in [5.74, 6) is 3.13. The molecule has 0 amide bonds. The second kappa shape index (κ2) is 15.5. The average molecular weight is 821 g/mol. The first-order chi connectivity index (χ1) is 31.7. The molecule has 0 spiro atoms. The molecule has 8 aromatic carbocycles. The van der Waals surface area contributed by atoms with Crippen LogP contribution in [-0.4, -0.2) is 49.8 Å². The molecule has 12 rings (SSSR count). The second-order valence-corrected chi connectivity index (χ2v) is 15.3. The summed E-state index contributed by atoms with van der Waals surface area (Å²) >= 11 is 0. The summed E-state index contributed by atoms with van der Waals surface area (Å²) in [7, 11) is 0. The minimum Gasteiger partial charge on any atom is -0.244 e. The third kappa shape index (κ3) is 6.45. The molecule has 298 valence electrons. The molecule has 4 heterocycles. The van der Waals surface area contributed by atoms with E-state index in [1.165, 1.54) is 12.7 Å². The van der Waals surface area contributed by atoms with Gasteiger partial charge < -0.3 is 0 Å². The van der Waals surface area contributed by atoms with E-state index in [9.17, 15) is 0 Å². The summed E-state index contributed by atoms with van der Waals surface area (Å²) < 4.78 is 0. The van der Waals surface area contributed by atoms with Gasteiger partial charge in [-0.15, -0.1) is 0 Å². The fourth-order valence-corrected chi connectivity index (χ4v) is 8.59. The van der Waals surface area contributed by atoms with Crippen LogP contribution in [0, 0.1) is 0 Å². The molecular formula is C54H32N10. The summed E-state index contributed by atoms with van der Waals surface area (Å²) in [6.45, 7) is 0. The van der Waals surface area contributed by atoms with Gasteiger partial charge in [0.1, 0.15) is 12.7 Å². The van der Waals surface area contributed by atoms with Gasteiger partial charge in [0.2, 0.25) is 0 Å². The molecule has 4 aromatic heterocycles. The third-order valence-electron chi connectivity index (χ3n) is 11.5. The van der Waals surface area contributed by atoms with E-state index in [0.29, 0.717) is 46.1 Å². The molecule has 0 atom stereocenters. The van der Waals surface area contributed by atoms with Crippen molar-refractivity contribution in [2.24, 2.45) is 0 Å². The minimum atomic E-state index is 0.480. The first kappa shape index (κ1) is 36.8. The molecule has 0 aliphatic carbocycles. The lowest BCUT2D eigenvalue weighted by atomic mass is 9.83. The molecule has 64 heavy (non-hydrogen) atoms. The zero-order chi connectivity index (χ0) is 42.4. The van der Waals surface area contributed by atoms with Gasteiger partial charge in [-0.25, -0.2) is 49.8 Å². The van der Waals surface area contributed by atoms with Crippen molar-refractivity contribution in [3.05, 3.63) is 195 Å². The molecule has 0 saturated carbocycles. The van der Waals surface area contributed by atoms with E-state index in [1.807, 2.05) is 72.8 Å². The number of hydrogen-bond donors (Lipinski definition) is 0. The average Bonchev–Trinajstić information content (AvgIpc) is 3.39. The van der Waals surface area contributed by atoms with E-state index in [1.54, 1.807) is 24.8 Å². The lowest BCUT2D eigenvalue weighted by Gasteiger charge is -2.21. The first-order valence-corrected chi connectivity index (χ1v) is 20.8. The number of aromatic nitrogens is 10. The topological polar surface area (TPSA) is 129 Å². The highest BCUT2D eigenvalue weighted by molar-refractivity contribution is 6.31. The lowest BCUT2D eigenvalue weighted by molar-refractivity contribution is 1.06. The van der Waals surface area contributed by atoms with Crippen molar-refractivity contribution in [1.82, 2.24) is 49.8 Å². The fourth-order valence-electron chi connectivity index (χ4n) is 8.59. The van der Waals surface area contributed by atoms with Crippen molar-refractivity contribution in [3.63, 3.8) is 0 Å². The molecule has 0 saturated heterocycles. The molecule has 0 aliphatic rings. The number of hydrogen-bond acceptors (Lipinski definition) is 10. The Bertz CT molecular complexity index is 3280. The van der Waals surface area contributed by atoms with Crippen molar-refractivity contribution in [1.29, 1.82) is 0 Å². The largest absolute Gasteiger partial charge is 0.244 e. The Labute approximate surface area is 366 Å². The van der Waals surface area contributed by atoms with Crippen LogP contribution in [0.25, 0.3) is 123 Å². The lowest BCUT2D eigenvalue weighted by Crippen LogP contribution is -2.03. The van der Waals surface area contributed by atoms with E-state index in [0.717, 1.165) is 76.8 Å². The molecular weight excluding hydrogens is 789 g/mol. The first-order valence-electron chi connectivity index (χ1n) is 20.8. The van der Waals surface area contributed by atoms with Crippen LogP contribution in [-0.2, 0) is 0 Å². The zero-order valence-electron chi connectivity index (χ0n) is 33.9. The van der Waals surface area contributed by atoms with Gasteiger partial charge in [-0.3, -0.25) is 0 Å².